The molecule has 13 heteroatoms. The van der Waals surface area contributed by atoms with Crippen LogP contribution in [0.25, 0.3) is 0 Å². The summed E-state index contributed by atoms with van der Waals surface area (Å²) in [6.45, 7) is 7.50. The van der Waals surface area contributed by atoms with Crippen molar-refractivity contribution in [2.24, 2.45) is 0 Å². The van der Waals surface area contributed by atoms with E-state index in [0.29, 0.717) is 0 Å². The van der Waals surface area contributed by atoms with E-state index in [1.807, 2.05) is 0 Å². The number of aromatic nitrogens is 2. The highest BCUT2D eigenvalue weighted by Gasteiger charge is 2.47. The van der Waals surface area contributed by atoms with Gasteiger partial charge in [0.1, 0.15) is 24.1 Å². The van der Waals surface area contributed by atoms with Gasteiger partial charge in [0, 0.05) is 13.1 Å². The normalized spacial score (nSPS) is 26.2. The van der Waals surface area contributed by atoms with Crippen molar-refractivity contribution in [3.8, 4) is 0 Å². The van der Waals surface area contributed by atoms with E-state index in [4.69, 9.17) is 18.5 Å². The second kappa shape index (κ2) is 10.1. The highest BCUT2D eigenvalue weighted by Crippen LogP contribution is 2.45. The van der Waals surface area contributed by atoms with E-state index in [2.05, 4.69) is 10.3 Å². The number of phosphoric ester groups is 1. The molecule has 0 bridgehead atoms. The molecule has 0 saturated carbocycles. The zero-order chi connectivity index (χ0) is 22.6. The summed E-state index contributed by atoms with van der Waals surface area (Å²) in [5.41, 5.74) is -0.772. The number of rotatable bonds is 9. The van der Waals surface area contributed by atoms with Crippen molar-refractivity contribution in [2.75, 3.05) is 11.9 Å². The molecule has 1 fully saturated rings. The first kappa shape index (κ1) is 24.6. The van der Waals surface area contributed by atoms with Crippen LogP contribution in [0.3, 0.4) is 0 Å². The third-order valence-corrected chi connectivity index (χ3v) is 5.06. The molecular formula is C17H28N3O9P. The van der Waals surface area contributed by atoms with Crippen LogP contribution in [0.2, 0.25) is 0 Å². The van der Waals surface area contributed by atoms with Gasteiger partial charge in [0.2, 0.25) is 5.91 Å². The standard InChI is InChI=1S/C17H28N3O9P/c1-9(2)27-15-12(8-26-30(24,25)29-10(3)4)28-16(14(15)22)20-7-6-13(18-11(5)21)19-17(20)23/h6-7,9-10,12,14-16,22H,8H2,1-5H3,(H,24,25)(H,18,19,21,23)/t12-,14+,15?,16-/m1/s1. The van der Waals surface area contributed by atoms with Crippen LogP contribution in [0.1, 0.15) is 40.8 Å². The SMILES string of the molecule is CC(=O)Nc1ccn([C@@H]2O[C@H](COP(=O)(O)OC(C)C)C(OC(C)C)[C@@H]2O)c(=O)n1. The third-order valence-electron chi connectivity index (χ3n) is 3.89. The van der Waals surface area contributed by atoms with Gasteiger partial charge in [0.25, 0.3) is 0 Å². The Morgan fingerprint density at radius 3 is 2.57 bits per heavy atom. The van der Waals surface area contributed by atoms with Crippen LogP contribution in [0, 0.1) is 0 Å². The third kappa shape index (κ3) is 6.67. The predicted molar refractivity (Wildman–Crippen MR) is 105 cm³/mol. The Balaban J connectivity index is 2.21. The maximum atomic E-state index is 12.4. The van der Waals surface area contributed by atoms with Crippen LogP contribution in [-0.4, -0.2) is 62.6 Å². The number of hydrogen-bond acceptors (Lipinski definition) is 9. The first-order valence-electron chi connectivity index (χ1n) is 9.41. The summed E-state index contributed by atoms with van der Waals surface area (Å²) in [6, 6.07) is 1.37. The summed E-state index contributed by atoms with van der Waals surface area (Å²) in [4.78, 5) is 37.0. The van der Waals surface area contributed by atoms with Gasteiger partial charge in [-0.1, -0.05) is 0 Å². The molecule has 1 aliphatic heterocycles. The lowest BCUT2D eigenvalue weighted by Gasteiger charge is -2.23. The van der Waals surface area contributed by atoms with E-state index in [0.717, 1.165) is 4.57 Å². The lowest BCUT2D eigenvalue weighted by atomic mass is 10.1. The fraction of sp³-hybridized carbons (Fsp3) is 0.706. The minimum atomic E-state index is -4.34. The average Bonchev–Trinajstić information content (AvgIpc) is 2.87. The second-order valence-corrected chi connectivity index (χ2v) is 8.71. The van der Waals surface area contributed by atoms with Crippen molar-refractivity contribution in [3.05, 3.63) is 22.7 Å². The number of amides is 1. The van der Waals surface area contributed by atoms with Gasteiger partial charge >= 0.3 is 13.5 Å². The number of anilines is 1. The molecule has 1 aromatic rings. The smallest absolute Gasteiger partial charge is 0.386 e. The number of aliphatic hydroxyl groups excluding tert-OH is 1. The maximum absolute atomic E-state index is 12.4. The van der Waals surface area contributed by atoms with Crippen molar-refractivity contribution in [3.63, 3.8) is 0 Å². The number of nitrogens with one attached hydrogen (secondary N) is 1. The molecule has 12 nitrogen and oxygen atoms in total. The van der Waals surface area contributed by atoms with Crippen LogP contribution in [0.5, 0.6) is 0 Å². The summed E-state index contributed by atoms with van der Waals surface area (Å²) in [5, 5.41) is 13.1. The average molecular weight is 449 g/mol. The molecule has 0 aliphatic carbocycles. The van der Waals surface area contributed by atoms with Gasteiger partial charge < -0.3 is 24.8 Å². The van der Waals surface area contributed by atoms with Gasteiger partial charge in [0.05, 0.1) is 18.8 Å². The van der Waals surface area contributed by atoms with E-state index >= 15 is 0 Å². The monoisotopic (exact) mass is 449 g/mol. The largest absolute Gasteiger partial charge is 0.472 e. The van der Waals surface area contributed by atoms with Crippen molar-refractivity contribution in [1.82, 2.24) is 9.55 Å². The predicted octanol–water partition coefficient (Wildman–Crippen LogP) is 0.796. The quantitative estimate of drug-likeness (QED) is 0.460. The van der Waals surface area contributed by atoms with Crippen molar-refractivity contribution < 1.29 is 37.9 Å². The highest BCUT2D eigenvalue weighted by atomic mass is 31.2. The van der Waals surface area contributed by atoms with Crippen LogP contribution in [0.15, 0.2) is 17.1 Å². The van der Waals surface area contributed by atoms with E-state index in [1.54, 1.807) is 27.7 Å². The molecule has 1 saturated heterocycles. The number of carbonyl (C=O) groups excluding carboxylic acids is 1. The number of carbonyl (C=O) groups is 1. The molecule has 3 N–H and O–H groups in total. The Morgan fingerprint density at radius 1 is 1.37 bits per heavy atom. The Morgan fingerprint density at radius 2 is 2.03 bits per heavy atom. The minimum Gasteiger partial charge on any atom is -0.386 e. The molecule has 5 atom stereocenters. The second-order valence-electron chi connectivity index (χ2n) is 7.31. The summed E-state index contributed by atoms with van der Waals surface area (Å²) in [6.07, 6.45) is -3.93. The van der Waals surface area contributed by atoms with E-state index in [1.165, 1.54) is 19.2 Å². The zero-order valence-corrected chi connectivity index (χ0v) is 18.3. The fourth-order valence-electron chi connectivity index (χ4n) is 2.89. The van der Waals surface area contributed by atoms with Gasteiger partial charge in [-0.2, -0.15) is 4.98 Å². The fourth-order valence-corrected chi connectivity index (χ4v) is 3.82. The van der Waals surface area contributed by atoms with E-state index < -0.39 is 56.7 Å². The number of phosphoric acid groups is 1. The summed E-state index contributed by atoms with van der Waals surface area (Å²) >= 11 is 0. The molecular weight excluding hydrogens is 421 g/mol. The number of nitrogens with zero attached hydrogens (tertiary/aromatic N) is 2. The molecule has 0 spiro atoms. The van der Waals surface area contributed by atoms with E-state index in [-0.39, 0.29) is 11.9 Å². The molecule has 2 unspecified atom stereocenters. The molecule has 1 amide bonds. The Kier molecular flexibility index (Phi) is 8.28. The minimum absolute atomic E-state index is 0.0538. The molecule has 0 aromatic carbocycles. The first-order chi connectivity index (χ1) is 13.9. The number of hydrogen-bond donors (Lipinski definition) is 3. The number of ether oxygens (including phenoxy) is 2. The van der Waals surface area contributed by atoms with Crippen LogP contribution < -0.4 is 11.0 Å². The first-order valence-corrected chi connectivity index (χ1v) is 10.9. The van der Waals surface area contributed by atoms with Crippen LogP contribution in [0.4, 0.5) is 5.82 Å². The molecule has 2 heterocycles. The van der Waals surface area contributed by atoms with Gasteiger partial charge in [0.15, 0.2) is 6.23 Å². The molecule has 1 aromatic heterocycles. The molecule has 2 rings (SSSR count). The Labute approximate surface area is 173 Å². The zero-order valence-electron chi connectivity index (χ0n) is 17.4. The molecule has 170 valence electrons. The number of aliphatic hydroxyl groups is 1. The van der Waals surface area contributed by atoms with Crippen LogP contribution >= 0.6 is 7.82 Å². The van der Waals surface area contributed by atoms with Gasteiger partial charge in [-0.25, -0.2) is 9.36 Å². The summed E-state index contributed by atoms with van der Waals surface area (Å²) in [5.74, 6) is -0.338. The van der Waals surface area contributed by atoms with Gasteiger partial charge in [-0.15, -0.1) is 0 Å². The van der Waals surface area contributed by atoms with E-state index in [9.17, 15) is 24.2 Å². The van der Waals surface area contributed by atoms with Crippen molar-refractivity contribution >= 4 is 19.5 Å². The maximum Gasteiger partial charge on any atom is 0.472 e. The van der Waals surface area contributed by atoms with Gasteiger partial charge in [-0.3, -0.25) is 18.4 Å². The molecule has 0 radical (unpaired) electrons. The summed E-state index contributed by atoms with van der Waals surface area (Å²) in [7, 11) is -4.34. The Bertz CT molecular complexity index is 844. The van der Waals surface area contributed by atoms with Crippen molar-refractivity contribution in [1.29, 1.82) is 0 Å². The van der Waals surface area contributed by atoms with Gasteiger partial charge in [-0.05, 0) is 33.8 Å². The van der Waals surface area contributed by atoms with Crippen LogP contribution in [-0.2, 0) is 27.9 Å². The molecule has 30 heavy (non-hydrogen) atoms. The lowest BCUT2D eigenvalue weighted by molar-refractivity contribution is -0.114. The topological polar surface area (TPSA) is 158 Å². The Hall–Kier alpha value is -1.66. The molecule has 1 aliphatic rings. The summed E-state index contributed by atoms with van der Waals surface area (Å²) < 4.78 is 34.3. The lowest BCUT2D eigenvalue weighted by Crippen LogP contribution is -2.39. The van der Waals surface area contributed by atoms with Crippen molar-refractivity contribution in [2.45, 2.75) is 71.4 Å². The highest BCUT2D eigenvalue weighted by molar-refractivity contribution is 7.47.